The third-order valence-corrected chi connectivity index (χ3v) is 4.10. The zero-order valence-corrected chi connectivity index (χ0v) is 11.1. The fourth-order valence-corrected chi connectivity index (χ4v) is 3.14. The molecular weight excluding hydrogens is 232 g/mol. The first-order valence-electron chi connectivity index (χ1n) is 7.08. The van der Waals surface area contributed by atoms with Crippen LogP contribution in [0.25, 0.3) is 0 Å². The van der Waals surface area contributed by atoms with Crippen LogP contribution in [0.5, 0.6) is 0 Å². The van der Waals surface area contributed by atoms with E-state index in [9.17, 15) is 0 Å². The number of hydrogen-bond acceptors (Lipinski definition) is 2. The van der Waals surface area contributed by atoms with E-state index in [4.69, 9.17) is 5.73 Å². The first kappa shape index (κ1) is 12.4. The molecule has 2 aromatic rings. The highest BCUT2D eigenvalue weighted by atomic mass is 14.7. The predicted molar refractivity (Wildman–Crippen MR) is 78.0 cm³/mol. The zero-order chi connectivity index (χ0) is 13.1. The van der Waals surface area contributed by atoms with Gasteiger partial charge >= 0.3 is 0 Å². The van der Waals surface area contributed by atoms with E-state index >= 15 is 0 Å². The molecule has 0 fully saturated rings. The van der Waals surface area contributed by atoms with Gasteiger partial charge < -0.3 is 5.73 Å². The number of nitrogens with zero attached hydrogens (tertiary/aromatic N) is 1. The summed E-state index contributed by atoms with van der Waals surface area (Å²) in [6.07, 6.45) is 6.35. The van der Waals surface area contributed by atoms with Crippen molar-refractivity contribution in [3.63, 3.8) is 0 Å². The Labute approximate surface area is 114 Å². The predicted octanol–water partition coefficient (Wildman–Crippen LogP) is 3.07. The second kappa shape index (κ2) is 5.54. The Balaban J connectivity index is 1.80. The van der Waals surface area contributed by atoms with Crippen LogP contribution in [0.4, 0.5) is 0 Å². The molecule has 1 aromatic heterocycles. The smallest absolute Gasteiger partial charge is 0.0419 e. The van der Waals surface area contributed by atoms with Crippen molar-refractivity contribution >= 4 is 0 Å². The van der Waals surface area contributed by atoms with Crippen LogP contribution in [-0.2, 0) is 12.8 Å². The maximum absolute atomic E-state index is 6.46. The van der Waals surface area contributed by atoms with Crippen LogP contribution in [-0.4, -0.2) is 11.0 Å². The van der Waals surface area contributed by atoms with Crippen molar-refractivity contribution in [3.05, 3.63) is 65.5 Å². The monoisotopic (exact) mass is 252 g/mol. The van der Waals surface area contributed by atoms with Gasteiger partial charge in [-0.05, 0) is 48.4 Å². The molecule has 0 saturated heterocycles. The molecule has 0 aliphatic heterocycles. The van der Waals surface area contributed by atoms with Crippen LogP contribution in [0.3, 0.4) is 0 Å². The minimum Gasteiger partial charge on any atom is -0.327 e. The lowest BCUT2D eigenvalue weighted by molar-refractivity contribution is 0.457. The number of aryl methyl sites for hydroxylation is 1. The highest BCUT2D eigenvalue weighted by Gasteiger charge is 2.25. The van der Waals surface area contributed by atoms with Crippen LogP contribution >= 0.6 is 0 Å². The van der Waals surface area contributed by atoms with E-state index in [1.807, 2.05) is 18.3 Å². The molecule has 2 unspecified atom stereocenters. The van der Waals surface area contributed by atoms with Crippen LogP contribution in [0.1, 0.15) is 35.6 Å². The maximum atomic E-state index is 6.46. The molecule has 2 heteroatoms. The van der Waals surface area contributed by atoms with Gasteiger partial charge in [0.25, 0.3) is 0 Å². The van der Waals surface area contributed by atoms with Gasteiger partial charge in [-0.2, -0.15) is 0 Å². The molecule has 0 saturated carbocycles. The lowest BCUT2D eigenvalue weighted by Crippen LogP contribution is -2.33. The number of pyridine rings is 1. The maximum Gasteiger partial charge on any atom is 0.0419 e. The van der Waals surface area contributed by atoms with Gasteiger partial charge in [0.15, 0.2) is 0 Å². The number of benzene rings is 1. The summed E-state index contributed by atoms with van der Waals surface area (Å²) in [5.41, 5.74) is 10.5. The Morgan fingerprint density at radius 1 is 1.16 bits per heavy atom. The van der Waals surface area contributed by atoms with E-state index < -0.39 is 0 Å². The fourth-order valence-electron chi connectivity index (χ4n) is 3.14. The van der Waals surface area contributed by atoms with Gasteiger partial charge in [0, 0.05) is 24.4 Å². The largest absolute Gasteiger partial charge is 0.327 e. The van der Waals surface area contributed by atoms with E-state index in [2.05, 4.69) is 35.3 Å². The normalized spacial score (nSPS) is 19.7. The topological polar surface area (TPSA) is 38.9 Å². The highest BCUT2D eigenvalue weighted by Crippen LogP contribution is 2.33. The molecule has 0 bridgehead atoms. The summed E-state index contributed by atoms with van der Waals surface area (Å²) in [5.74, 6) is 0.479. The van der Waals surface area contributed by atoms with Crippen molar-refractivity contribution in [2.75, 3.05) is 0 Å². The molecule has 0 spiro atoms. The zero-order valence-electron chi connectivity index (χ0n) is 11.1. The van der Waals surface area contributed by atoms with Crippen molar-refractivity contribution in [2.45, 2.75) is 37.6 Å². The third kappa shape index (κ3) is 2.69. The Morgan fingerprint density at radius 2 is 2.00 bits per heavy atom. The third-order valence-electron chi connectivity index (χ3n) is 4.10. The first-order valence-corrected chi connectivity index (χ1v) is 7.08. The Hall–Kier alpha value is -1.67. The average Bonchev–Trinajstić information content (AvgIpc) is 2.47. The fraction of sp³-hybridized carbons (Fsp3) is 0.353. The first-order chi connectivity index (χ1) is 9.34. The summed E-state index contributed by atoms with van der Waals surface area (Å²) < 4.78 is 0. The summed E-state index contributed by atoms with van der Waals surface area (Å²) in [6, 6.07) is 15.0. The van der Waals surface area contributed by atoms with Crippen LogP contribution in [0.2, 0.25) is 0 Å². The van der Waals surface area contributed by atoms with Gasteiger partial charge in [-0.3, -0.25) is 4.98 Å². The second-order valence-corrected chi connectivity index (χ2v) is 5.39. The number of fused-ring (bicyclic) bond motifs is 1. The Kier molecular flexibility index (Phi) is 3.60. The van der Waals surface area contributed by atoms with Gasteiger partial charge in [0.1, 0.15) is 0 Å². The van der Waals surface area contributed by atoms with Gasteiger partial charge in [-0.25, -0.2) is 0 Å². The van der Waals surface area contributed by atoms with Crippen LogP contribution in [0, 0.1) is 0 Å². The molecule has 19 heavy (non-hydrogen) atoms. The standard InChI is InChI=1S/C17H20N2/c18-17(12-14-8-3-4-11-19-14)16-10-5-7-13-6-1-2-9-15(13)16/h1-4,6,8-9,11,16-17H,5,7,10,12,18H2. The Morgan fingerprint density at radius 3 is 2.84 bits per heavy atom. The molecule has 2 N–H and O–H groups in total. The molecular formula is C17H20N2. The van der Waals surface area contributed by atoms with E-state index in [-0.39, 0.29) is 6.04 Å². The minimum absolute atomic E-state index is 0.163. The van der Waals surface area contributed by atoms with Crippen LogP contribution in [0.15, 0.2) is 48.7 Å². The summed E-state index contributed by atoms with van der Waals surface area (Å²) in [4.78, 5) is 4.39. The Bertz CT molecular complexity index is 536. The SMILES string of the molecule is NC(Cc1ccccn1)C1CCCc2ccccc21. The van der Waals surface area contributed by atoms with Gasteiger partial charge in [0.2, 0.25) is 0 Å². The molecule has 0 radical (unpaired) electrons. The number of rotatable bonds is 3. The van der Waals surface area contributed by atoms with Crippen molar-refractivity contribution in [1.82, 2.24) is 4.98 Å². The molecule has 3 rings (SSSR count). The summed E-state index contributed by atoms with van der Waals surface area (Å²) in [5, 5.41) is 0. The van der Waals surface area contributed by atoms with Crippen molar-refractivity contribution in [1.29, 1.82) is 0 Å². The second-order valence-electron chi connectivity index (χ2n) is 5.39. The van der Waals surface area contributed by atoms with Crippen molar-refractivity contribution in [2.24, 2.45) is 5.73 Å². The van der Waals surface area contributed by atoms with E-state index in [0.717, 1.165) is 12.1 Å². The van der Waals surface area contributed by atoms with Gasteiger partial charge in [-0.1, -0.05) is 30.3 Å². The number of nitrogens with two attached hydrogens (primary N) is 1. The molecule has 2 atom stereocenters. The van der Waals surface area contributed by atoms with Crippen molar-refractivity contribution < 1.29 is 0 Å². The molecule has 0 amide bonds. The van der Waals surface area contributed by atoms with E-state index in [0.29, 0.717) is 5.92 Å². The quantitative estimate of drug-likeness (QED) is 0.911. The number of hydrogen-bond donors (Lipinski definition) is 1. The van der Waals surface area contributed by atoms with Gasteiger partial charge in [-0.15, -0.1) is 0 Å². The molecule has 1 heterocycles. The summed E-state index contributed by atoms with van der Waals surface area (Å²) in [7, 11) is 0. The van der Waals surface area contributed by atoms with Gasteiger partial charge in [0.05, 0.1) is 0 Å². The molecule has 1 aliphatic carbocycles. The highest BCUT2D eigenvalue weighted by molar-refractivity contribution is 5.34. The van der Waals surface area contributed by atoms with E-state index in [1.165, 1.54) is 30.4 Å². The van der Waals surface area contributed by atoms with Crippen molar-refractivity contribution in [3.8, 4) is 0 Å². The molecule has 1 aliphatic rings. The lowest BCUT2D eigenvalue weighted by atomic mass is 9.78. The molecule has 1 aromatic carbocycles. The molecule has 2 nitrogen and oxygen atoms in total. The lowest BCUT2D eigenvalue weighted by Gasteiger charge is -2.30. The van der Waals surface area contributed by atoms with E-state index in [1.54, 1.807) is 0 Å². The molecule has 98 valence electrons. The summed E-state index contributed by atoms with van der Waals surface area (Å²) in [6.45, 7) is 0. The number of aromatic nitrogens is 1. The van der Waals surface area contributed by atoms with Crippen LogP contribution < -0.4 is 5.73 Å². The minimum atomic E-state index is 0.163. The summed E-state index contributed by atoms with van der Waals surface area (Å²) >= 11 is 0. The average molecular weight is 252 g/mol.